The van der Waals surface area contributed by atoms with Gasteiger partial charge in [0.25, 0.3) is 0 Å². The van der Waals surface area contributed by atoms with E-state index in [9.17, 15) is 5.11 Å². The minimum Gasteiger partial charge on any atom is -0.393 e. The first-order valence-corrected chi connectivity index (χ1v) is 7.89. The van der Waals surface area contributed by atoms with Gasteiger partial charge in [0.15, 0.2) is 0 Å². The Morgan fingerprint density at radius 3 is 1.70 bits per heavy atom. The average Bonchev–Trinajstić information content (AvgIpc) is 2.26. The van der Waals surface area contributed by atoms with Crippen molar-refractivity contribution >= 4 is 0 Å². The SMILES string of the molecule is CC(OCO)C1CC(C(C)(C)C)C(O)C(C(C)(C)C)C1. The van der Waals surface area contributed by atoms with Crippen LogP contribution in [0.4, 0.5) is 0 Å². The fraction of sp³-hybridized carbons (Fsp3) is 1.00. The molecule has 1 saturated carbocycles. The Morgan fingerprint density at radius 2 is 1.40 bits per heavy atom. The molecule has 1 aliphatic carbocycles. The van der Waals surface area contributed by atoms with E-state index < -0.39 is 0 Å². The summed E-state index contributed by atoms with van der Waals surface area (Å²) in [5, 5.41) is 19.8. The Kier molecular flexibility index (Phi) is 5.67. The van der Waals surface area contributed by atoms with E-state index in [1.807, 2.05) is 6.92 Å². The molecule has 1 rings (SSSR count). The minimum atomic E-state index is -0.257. The van der Waals surface area contributed by atoms with Gasteiger partial charge in [-0.25, -0.2) is 0 Å². The number of hydrogen-bond donors (Lipinski definition) is 2. The van der Waals surface area contributed by atoms with Crippen LogP contribution >= 0.6 is 0 Å². The van der Waals surface area contributed by atoms with E-state index in [1.165, 1.54) is 0 Å². The summed E-state index contributed by atoms with van der Waals surface area (Å²) in [6.07, 6.45) is 1.73. The standard InChI is InChI=1S/C17H34O3/c1-11(20-10-18)12-8-13(16(2,3)4)15(19)14(9-12)17(5,6)7/h11-15,18-19H,8-10H2,1-7H3. The number of aliphatic hydroxyl groups is 2. The maximum absolute atomic E-state index is 10.8. The normalized spacial score (nSPS) is 34.0. The average molecular weight is 286 g/mol. The highest BCUT2D eigenvalue weighted by molar-refractivity contribution is 4.96. The number of hydrogen-bond acceptors (Lipinski definition) is 3. The number of ether oxygens (including phenoxy) is 1. The molecule has 0 bridgehead atoms. The van der Waals surface area contributed by atoms with Gasteiger partial charge in [-0.05, 0) is 48.3 Å². The quantitative estimate of drug-likeness (QED) is 0.781. The van der Waals surface area contributed by atoms with E-state index in [0.29, 0.717) is 5.92 Å². The van der Waals surface area contributed by atoms with Crippen LogP contribution in [0.15, 0.2) is 0 Å². The van der Waals surface area contributed by atoms with Gasteiger partial charge in [-0.2, -0.15) is 0 Å². The predicted octanol–water partition coefficient (Wildman–Crippen LogP) is 3.44. The second-order valence-electron chi connectivity index (χ2n) is 8.67. The number of rotatable bonds is 3. The minimum absolute atomic E-state index is 0.0437. The summed E-state index contributed by atoms with van der Waals surface area (Å²) in [5.41, 5.74) is 0.168. The van der Waals surface area contributed by atoms with Crippen LogP contribution in [0.1, 0.15) is 61.3 Å². The maximum Gasteiger partial charge on any atom is 0.143 e. The molecule has 3 nitrogen and oxygen atoms in total. The highest BCUT2D eigenvalue weighted by Crippen LogP contribution is 2.49. The van der Waals surface area contributed by atoms with Crippen LogP contribution in [0.3, 0.4) is 0 Å². The van der Waals surface area contributed by atoms with Gasteiger partial charge in [0, 0.05) is 0 Å². The van der Waals surface area contributed by atoms with Crippen molar-refractivity contribution in [1.29, 1.82) is 0 Å². The van der Waals surface area contributed by atoms with Gasteiger partial charge in [0.05, 0.1) is 12.2 Å². The van der Waals surface area contributed by atoms with Crippen LogP contribution in [0, 0.1) is 28.6 Å². The molecular weight excluding hydrogens is 252 g/mol. The fourth-order valence-electron chi connectivity index (χ4n) is 3.68. The number of aliphatic hydroxyl groups excluding tert-OH is 2. The topological polar surface area (TPSA) is 49.7 Å². The summed E-state index contributed by atoms with van der Waals surface area (Å²) in [5.74, 6) is 0.949. The second kappa shape index (κ2) is 6.33. The Balaban J connectivity index is 2.98. The Bertz CT molecular complexity index is 276. The van der Waals surface area contributed by atoms with Crippen LogP contribution in [-0.4, -0.2) is 29.2 Å². The van der Waals surface area contributed by atoms with Crippen molar-refractivity contribution in [3.8, 4) is 0 Å². The van der Waals surface area contributed by atoms with Gasteiger partial charge < -0.3 is 14.9 Å². The van der Waals surface area contributed by atoms with Gasteiger partial charge >= 0.3 is 0 Å². The summed E-state index contributed by atoms with van der Waals surface area (Å²) in [6, 6.07) is 0. The smallest absolute Gasteiger partial charge is 0.143 e. The molecule has 0 spiro atoms. The van der Waals surface area contributed by atoms with Crippen molar-refractivity contribution in [2.24, 2.45) is 28.6 Å². The largest absolute Gasteiger partial charge is 0.393 e. The molecule has 3 heteroatoms. The molecule has 1 fully saturated rings. The molecule has 0 saturated heterocycles. The zero-order valence-corrected chi connectivity index (χ0v) is 14.3. The molecular formula is C17H34O3. The van der Waals surface area contributed by atoms with E-state index in [-0.39, 0.29) is 41.7 Å². The molecule has 120 valence electrons. The van der Waals surface area contributed by atoms with Crippen molar-refractivity contribution in [2.45, 2.75) is 73.5 Å². The lowest BCUT2D eigenvalue weighted by atomic mass is 9.58. The third kappa shape index (κ3) is 4.19. The Hall–Kier alpha value is -0.120. The van der Waals surface area contributed by atoms with Crippen molar-refractivity contribution in [2.75, 3.05) is 6.79 Å². The molecule has 0 aromatic heterocycles. The lowest BCUT2D eigenvalue weighted by Gasteiger charge is -2.50. The van der Waals surface area contributed by atoms with E-state index in [1.54, 1.807) is 0 Å². The molecule has 3 unspecified atom stereocenters. The molecule has 20 heavy (non-hydrogen) atoms. The second-order valence-corrected chi connectivity index (χ2v) is 8.67. The maximum atomic E-state index is 10.8. The van der Waals surface area contributed by atoms with Gasteiger partial charge in [-0.15, -0.1) is 0 Å². The van der Waals surface area contributed by atoms with Gasteiger partial charge in [0.1, 0.15) is 6.79 Å². The van der Waals surface area contributed by atoms with Crippen LogP contribution in [0.25, 0.3) is 0 Å². The first-order chi connectivity index (χ1) is 8.98. The van der Waals surface area contributed by atoms with Crippen molar-refractivity contribution in [1.82, 2.24) is 0 Å². The van der Waals surface area contributed by atoms with E-state index in [4.69, 9.17) is 9.84 Å². The molecule has 3 atom stereocenters. The molecule has 2 N–H and O–H groups in total. The first kappa shape index (κ1) is 17.9. The Labute approximate surface area is 124 Å². The summed E-state index contributed by atoms with van der Waals surface area (Å²) < 4.78 is 5.41. The summed E-state index contributed by atoms with van der Waals surface area (Å²) in [7, 11) is 0. The molecule has 0 aliphatic heterocycles. The lowest BCUT2D eigenvalue weighted by Crippen LogP contribution is -2.49. The predicted molar refractivity (Wildman–Crippen MR) is 82.3 cm³/mol. The van der Waals surface area contributed by atoms with Crippen LogP contribution < -0.4 is 0 Å². The third-order valence-electron chi connectivity index (χ3n) is 5.16. The molecule has 0 heterocycles. The van der Waals surface area contributed by atoms with Gasteiger partial charge in [-0.1, -0.05) is 41.5 Å². The monoisotopic (exact) mass is 286 g/mol. The molecule has 0 radical (unpaired) electrons. The zero-order valence-electron chi connectivity index (χ0n) is 14.3. The Morgan fingerprint density at radius 1 is 1.00 bits per heavy atom. The van der Waals surface area contributed by atoms with Crippen LogP contribution in [0.2, 0.25) is 0 Å². The third-order valence-corrected chi connectivity index (χ3v) is 5.16. The van der Waals surface area contributed by atoms with E-state index in [2.05, 4.69) is 41.5 Å². The van der Waals surface area contributed by atoms with Crippen molar-refractivity contribution in [3.63, 3.8) is 0 Å². The van der Waals surface area contributed by atoms with Gasteiger partial charge in [-0.3, -0.25) is 0 Å². The molecule has 0 amide bonds. The summed E-state index contributed by atoms with van der Waals surface area (Å²) >= 11 is 0. The van der Waals surface area contributed by atoms with Gasteiger partial charge in [0.2, 0.25) is 0 Å². The van der Waals surface area contributed by atoms with Crippen molar-refractivity contribution in [3.05, 3.63) is 0 Å². The summed E-state index contributed by atoms with van der Waals surface area (Å²) in [4.78, 5) is 0. The highest BCUT2D eigenvalue weighted by atomic mass is 16.6. The van der Waals surface area contributed by atoms with E-state index in [0.717, 1.165) is 12.8 Å². The molecule has 0 aromatic carbocycles. The zero-order chi connectivity index (χ0) is 15.7. The summed E-state index contributed by atoms with van der Waals surface area (Å²) in [6.45, 7) is 15.1. The van der Waals surface area contributed by atoms with Crippen LogP contribution in [-0.2, 0) is 4.74 Å². The molecule has 0 aromatic rings. The first-order valence-electron chi connectivity index (χ1n) is 7.89. The van der Waals surface area contributed by atoms with E-state index >= 15 is 0 Å². The lowest BCUT2D eigenvalue weighted by molar-refractivity contribution is -0.126. The van der Waals surface area contributed by atoms with Crippen LogP contribution in [0.5, 0.6) is 0 Å². The highest BCUT2D eigenvalue weighted by Gasteiger charge is 2.47. The molecule has 1 aliphatic rings. The fourth-order valence-corrected chi connectivity index (χ4v) is 3.68. The van der Waals surface area contributed by atoms with Crippen molar-refractivity contribution < 1.29 is 14.9 Å².